The molecule has 0 aliphatic heterocycles. The molecule has 0 radical (unpaired) electrons. The van der Waals surface area contributed by atoms with Gasteiger partial charge in [0.25, 0.3) is 0 Å². The van der Waals surface area contributed by atoms with Gasteiger partial charge in [0, 0.05) is 24.8 Å². The molecule has 0 bridgehead atoms. The Bertz CT molecular complexity index is 399. The first-order valence-corrected chi connectivity index (χ1v) is 5.39. The summed E-state index contributed by atoms with van der Waals surface area (Å²) in [6, 6.07) is 1.99. The molecule has 0 fully saturated rings. The summed E-state index contributed by atoms with van der Waals surface area (Å²) < 4.78 is 0. The molecule has 3 nitrogen and oxygen atoms in total. The Labute approximate surface area is 97.4 Å². The third-order valence-electron chi connectivity index (χ3n) is 2.48. The molecule has 0 aliphatic carbocycles. The highest BCUT2D eigenvalue weighted by molar-refractivity contribution is 5.51. The molecule has 1 aromatic heterocycles. The third kappa shape index (κ3) is 2.83. The quantitative estimate of drug-likeness (QED) is 0.790. The van der Waals surface area contributed by atoms with Gasteiger partial charge in [-0.3, -0.25) is 0 Å². The molecule has 0 unspecified atom stereocenters. The molecule has 88 valence electrons. The van der Waals surface area contributed by atoms with E-state index in [4.69, 9.17) is 0 Å². The molecule has 0 atom stereocenters. The summed E-state index contributed by atoms with van der Waals surface area (Å²) in [5.74, 6) is 0.850. The van der Waals surface area contributed by atoms with E-state index in [2.05, 4.69) is 11.6 Å². The van der Waals surface area contributed by atoms with Gasteiger partial charge in [0.1, 0.15) is 5.82 Å². The standard InChI is InChI=1S/C13H20N2O/c1-9(2)7-15(5)13-12(8-16)10(3)6-11(4)14-13/h6,16H,1,7-8H2,2-5H3. The van der Waals surface area contributed by atoms with E-state index >= 15 is 0 Å². The molecular weight excluding hydrogens is 200 g/mol. The van der Waals surface area contributed by atoms with Crippen molar-refractivity contribution < 1.29 is 5.11 Å². The topological polar surface area (TPSA) is 36.4 Å². The number of aryl methyl sites for hydroxylation is 2. The fourth-order valence-corrected chi connectivity index (χ4v) is 1.83. The number of hydrogen-bond acceptors (Lipinski definition) is 3. The smallest absolute Gasteiger partial charge is 0.134 e. The first-order valence-electron chi connectivity index (χ1n) is 5.39. The number of nitrogens with zero attached hydrogens (tertiary/aromatic N) is 2. The van der Waals surface area contributed by atoms with Crippen molar-refractivity contribution in [3.63, 3.8) is 0 Å². The summed E-state index contributed by atoms with van der Waals surface area (Å²) in [6.07, 6.45) is 0. The van der Waals surface area contributed by atoms with Gasteiger partial charge in [0.2, 0.25) is 0 Å². The summed E-state index contributed by atoms with van der Waals surface area (Å²) in [6.45, 7) is 10.6. The van der Waals surface area contributed by atoms with Gasteiger partial charge in [-0.25, -0.2) is 4.98 Å². The van der Waals surface area contributed by atoms with E-state index in [1.165, 1.54) is 0 Å². The van der Waals surface area contributed by atoms with Gasteiger partial charge in [-0.15, -0.1) is 0 Å². The zero-order valence-corrected chi connectivity index (χ0v) is 10.5. The SMILES string of the molecule is C=C(C)CN(C)c1nc(C)cc(C)c1CO. The van der Waals surface area contributed by atoms with E-state index in [0.29, 0.717) is 0 Å². The van der Waals surface area contributed by atoms with Gasteiger partial charge in [-0.2, -0.15) is 0 Å². The van der Waals surface area contributed by atoms with E-state index < -0.39 is 0 Å². The van der Waals surface area contributed by atoms with Crippen molar-refractivity contribution in [3.05, 3.63) is 35.0 Å². The second-order valence-electron chi connectivity index (χ2n) is 4.35. The molecule has 16 heavy (non-hydrogen) atoms. The number of anilines is 1. The van der Waals surface area contributed by atoms with Crippen molar-refractivity contribution in [2.24, 2.45) is 0 Å². The van der Waals surface area contributed by atoms with E-state index in [0.717, 1.165) is 34.8 Å². The lowest BCUT2D eigenvalue weighted by Crippen LogP contribution is -2.22. The molecule has 0 aliphatic rings. The van der Waals surface area contributed by atoms with E-state index in [-0.39, 0.29) is 6.61 Å². The lowest BCUT2D eigenvalue weighted by Gasteiger charge is -2.22. The molecule has 0 saturated carbocycles. The predicted molar refractivity (Wildman–Crippen MR) is 67.7 cm³/mol. The Morgan fingerprint density at radius 2 is 2.12 bits per heavy atom. The van der Waals surface area contributed by atoms with Crippen molar-refractivity contribution in [1.82, 2.24) is 4.98 Å². The summed E-state index contributed by atoms with van der Waals surface area (Å²) >= 11 is 0. The minimum atomic E-state index is 0.0228. The number of hydrogen-bond donors (Lipinski definition) is 1. The second-order valence-corrected chi connectivity index (χ2v) is 4.35. The lowest BCUT2D eigenvalue weighted by molar-refractivity contribution is 0.281. The molecule has 0 amide bonds. The molecule has 3 heteroatoms. The first-order chi connectivity index (χ1) is 7.45. The van der Waals surface area contributed by atoms with Crippen LogP contribution in [0.3, 0.4) is 0 Å². The van der Waals surface area contributed by atoms with Gasteiger partial charge in [0.15, 0.2) is 0 Å². The largest absolute Gasteiger partial charge is 0.392 e. The average Bonchev–Trinajstić information content (AvgIpc) is 2.15. The van der Waals surface area contributed by atoms with Crippen molar-refractivity contribution >= 4 is 5.82 Å². The Morgan fingerprint density at radius 1 is 1.50 bits per heavy atom. The molecule has 0 aromatic carbocycles. The molecular formula is C13H20N2O. The van der Waals surface area contributed by atoms with Crippen LogP contribution in [0.4, 0.5) is 5.82 Å². The zero-order chi connectivity index (χ0) is 12.3. The van der Waals surface area contributed by atoms with E-state index in [1.54, 1.807) is 0 Å². The van der Waals surface area contributed by atoms with Crippen LogP contribution in [0.25, 0.3) is 0 Å². The number of likely N-dealkylation sites (N-methyl/N-ethyl adjacent to an activating group) is 1. The maximum Gasteiger partial charge on any atom is 0.134 e. The predicted octanol–water partition coefficient (Wildman–Crippen LogP) is 2.20. The monoisotopic (exact) mass is 220 g/mol. The normalized spacial score (nSPS) is 10.3. The average molecular weight is 220 g/mol. The second kappa shape index (κ2) is 5.12. The minimum absolute atomic E-state index is 0.0228. The summed E-state index contributed by atoms with van der Waals surface area (Å²) in [5, 5.41) is 9.38. The molecule has 1 heterocycles. The van der Waals surface area contributed by atoms with Gasteiger partial charge < -0.3 is 10.0 Å². The van der Waals surface area contributed by atoms with Crippen LogP contribution in [0.1, 0.15) is 23.7 Å². The first kappa shape index (κ1) is 12.7. The van der Waals surface area contributed by atoms with Crippen molar-refractivity contribution in [3.8, 4) is 0 Å². The van der Waals surface area contributed by atoms with Crippen LogP contribution in [0.2, 0.25) is 0 Å². The maximum atomic E-state index is 9.38. The summed E-state index contributed by atoms with van der Waals surface area (Å²) in [5.41, 5.74) is 4.03. The van der Waals surface area contributed by atoms with Crippen molar-refractivity contribution in [2.75, 3.05) is 18.5 Å². The van der Waals surface area contributed by atoms with E-state index in [1.807, 2.05) is 38.8 Å². The number of aromatic nitrogens is 1. The van der Waals surface area contributed by atoms with Gasteiger partial charge in [0.05, 0.1) is 6.61 Å². The Morgan fingerprint density at radius 3 is 2.62 bits per heavy atom. The Kier molecular flexibility index (Phi) is 4.07. The van der Waals surface area contributed by atoms with Crippen LogP contribution in [0.5, 0.6) is 0 Å². The fourth-order valence-electron chi connectivity index (χ4n) is 1.83. The van der Waals surface area contributed by atoms with E-state index in [9.17, 15) is 5.11 Å². The molecule has 1 aromatic rings. The molecule has 1 N–H and O–H groups in total. The summed E-state index contributed by atoms with van der Waals surface area (Å²) in [7, 11) is 1.97. The van der Waals surface area contributed by atoms with Gasteiger partial charge in [-0.1, -0.05) is 12.2 Å². The maximum absolute atomic E-state index is 9.38. The Balaban J connectivity index is 3.15. The highest BCUT2D eigenvalue weighted by atomic mass is 16.3. The fraction of sp³-hybridized carbons (Fsp3) is 0.462. The van der Waals surface area contributed by atoms with Gasteiger partial charge in [-0.05, 0) is 32.4 Å². The zero-order valence-electron chi connectivity index (χ0n) is 10.5. The number of rotatable bonds is 4. The highest BCUT2D eigenvalue weighted by Gasteiger charge is 2.11. The number of aliphatic hydroxyl groups is 1. The third-order valence-corrected chi connectivity index (χ3v) is 2.48. The Hall–Kier alpha value is -1.35. The van der Waals surface area contributed by atoms with Crippen LogP contribution in [-0.2, 0) is 6.61 Å². The number of aliphatic hydroxyl groups excluding tert-OH is 1. The lowest BCUT2D eigenvalue weighted by atomic mass is 10.1. The van der Waals surface area contributed by atoms with Gasteiger partial charge >= 0.3 is 0 Å². The molecule has 0 spiro atoms. The van der Waals surface area contributed by atoms with Crippen LogP contribution >= 0.6 is 0 Å². The van der Waals surface area contributed by atoms with Crippen LogP contribution in [0.15, 0.2) is 18.2 Å². The van der Waals surface area contributed by atoms with Crippen molar-refractivity contribution in [2.45, 2.75) is 27.4 Å². The minimum Gasteiger partial charge on any atom is -0.392 e. The number of pyridine rings is 1. The summed E-state index contributed by atoms with van der Waals surface area (Å²) in [4.78, 5) is 6.50. The highest BCUT2D eigenvalue weighted by Crippen LogP contribution is 2.22. The van der Waals surface area contributed by atoms with Crippen LogP contribution in [-0.4, -0.2) is 23.7 Å². The van der Waals surface area contributed by atoms with Crippen LogP contribution in [0, 0.1) is 13.8 Å². The van der Waals surface area contributed by atoms with Crippen LogP contribution < -0.4 is 4.90 Å². The molecule has 1 rings (SSSR count). The molecule has 0 saturated heterocycles. The van der Waals surface area contributed by atoms with Crippen molar-refractivity contribution in [1.29, 1.82) is 0 Å².